The Labute approximate surface area is 162 Å². The lowest BCUT2D eigenvalue weighted by molar-refractivity contribution is -0.150. The molecule has 25 heavy (non-hydrogen) atoms. The van der Waals surface area contributed by atoms with E-state index in [0.29, 0.717) is 32.8 Å². The summed E-state index contributed by atoms with van der Waals surface area (Å²) in [7, 11) is 0. The highest BCUT2D eigenvalue weighted by Crippen LogP contribution is 2.28. The van der Waals surface area contributed by atoms with Crippen LogP contribution in [0.4, 0.5) is 0 Å². The molecule has 1 aromatic rings. The minimum Gasteiger partial charge on any atom is -0.373 e. The molecule has 0 aromatic carbocycles. The summed E-state index contributed by atoms with van der Waals surface area (Å²) in [4.78, 5) is 19.2. The molecule has 146 valence electrons. The Morgan fingerprint density at radius 3 is 2.44 bits per heavy atom. The summed E-state index contributed by atoms with van der Waals surface area (Å²) in [6.07, 6.45) is 1.47. The molecule has 0 saturated carbocycles. The van der Waals surface area contributed by atoms with Crippen LogP contribution in [0.1, 0.15) is 38.3 Å². The summed E-state index contributed by atoms with van der Waals surface area (Å²) in [5, 5.41) is 4.37. The van der Waals surface area contributed by atoms with Gasteiger partial charge in [-0.05, 0) is 26.7 Å². The fourth-order valence-corrected chi connectivity index (χ4v) is 3.21. The largest absolute Gasteiger partial charge is 0.373 e. The standard InChI is InChI=1S/C16H29N5O2.2ClH/c1-5-16(6-2,11-17)15(22)20-7-8-23-14(9-20)10-21-13(4)18-12(3)19-21;;/h14H,5-11,17H2,1-4H3;2*1H. The molecule has 9 heteroatoms. The van der Waals surface area contributed by atoms with E-state index in [9.17, 15) is 4.79 Å². The number of nitrogens with two attached hydrogens (primary N) is 1. The molecule has 0 spiro atoms. The van der Waals surface area contributed by atoms with Gasteiger partial charge < -0.3 is 15.4 Å². The van der Waals surface area contributed by atoms with Crippen LogP contribution in [0.25, 0.3) is 0 Å². The molecule has 1 fully saturated rings. The van der Waals surface area contributed by atoms with Crippen LogP contribution in [-0.4, -0.2) is 57.9 Å². The van der Waals surface area contributed by atoms with Crippen LogP contribution >= 0.6 is 24.8 Å². The molecule has 1 aliphatic rings. The van der Waals surface area contributed by atoms with Crippen LogP contribution in [0.3, 0.4) is 0 Å². The molecule has 2 rings (SSSR count). The molecule has 1 saturated heterocycles. The summed E-state index contributed by atoms with van der Waals surface area (Å²) in [5.41, 5.74) is 5.47. The second-order valence-electron chi connectivity index (χ2n) is 6.32. The lowest BCUT2D eigenvalue weighted by atomic mass is 9.80. The number of carbonyl (C=O) groups excluding carboxylic acids is 1. The normalized spacial score (nSPS) is 17.6. The minimum absolute atomic E-state index is 0. The zero-order valence-electron chi connectivity index (χ0n) is 15.5. The van der Waals surface area contributed by atoms with Gasteiger partial charge in [-0.3, -0.25) is 4.79 Å². The van der Waals surface area contributed by atoms with Crippen molar-refractivity contribution in [1.82, 2.24) is 19.7 Å². The molecule has 1 amide bonds. The van der Waals surface area contributed by atoms with Gasteiger partial charge in [-0.25, -0.2) is 9.67 Å². The Bertz CT molecular complexity index is 540. The van der Waals surface area contributed by atoms with Crippen molar-refractivity contribution in [2.45, 2.75) is 53.2 Å². The smallest absolute Gasteiger partial charge is 0.230 e. The molecule has 0 bridgehead atoms. The van der Waals surface area contributed by atoms with Crippen LogP contribution in [-0.2, 0) is 16.1 Å². The third-order valence-electron chi connectivity index (χ3n) is 4.96. The van der Waals surface area contributed by atoms with E-state index in [-0.39, 0.29) is 36.8 Å². The van der Waals surface area contributed by atoms with E-state index in [1.807, 2.05) is 37.3 Å². The average Bonchev–Trinajstić information content (AvgIpc) is 2.87. The first-order chi connectivity index (χ1) is 11.0. The highest BCUT2D eigenvalue weighted by molar-refractivity contribution is 5.85. The number of hydrogen-bond donors (Lipinski definition) is 1. The first-order valence-electron chi connectivity index (χ1n) is 8.44. The summed E-state index contributed by atoms with van der Waals surface area (Å²) in [6.45, 7) is 10.6. The first kappa shape index (κ1) is 24.1. The Hall–Kier alpha value is -0.890. The number of aromatic nitrogens is 3. The van der Waals surface area contributed by atoms with Gasteiger partial charge in [0.15, 0.2) is 0 Å². The number of ether oxygens (including phenoxy) is 1. The number of rotatable bonds is 6. The first-order valence-corrected chi connectivity index (χ1v) is 8.44. The van der Waals surface area contributed by atoms with E-state index in [0.717, 1.165) is 24.5 Å². The van der Waals surface area contributed by atoms with Gasteiger partial charge in [-0.2, -0.15) is 5.10 Å². The zero-order valence-corrected chi connectivity index (χ0v) is 17.2. The summed E-state index contributed by atoms with van der Waals surface area (Å²) < 4.78 is 7.68. The van der Waals surface area contributed by atoms with Crippen LogP contribution in [0.5, 0.6) is 0 Å². The quantitative estimate of drug-likeness (QED) is 0.792. The van der Waals surface area contributed by atoms with Crippen molar-refractivity contribution >= 4 is 30.7 Å². The van der Waals surface area contributed by atoms with E-state index >= 15 is 0 Å². The molecule has 1 atom stereocenters. The fraction of sp³-hybridized carbons (Fsp3) is 0.812. The molecule has 0 aliphatic carbocycles. The molecule has 1 aromatic heterocycles. The topological polar surface area (TPSA) is 86.3 Å². The predicted octanol–water partition coefficient (Wildman–Crippen LogP) is 1.73. The van der Waals surface area contributed by atoms with Crippen molar-refractivity contribution in [3.05, 3.63) is 11.6 Å². The van der Waals surface area contributed by atoms with Crippen molar-refractivity contribution < 1.29 is 9.53 Å². The van der Waals surface area contributed by atoms with Gasteiger partial charge >= 0.3 is 0 Å². The third-order valence-corrected chi connectivity index (χ3v) is 4.96. The Kier molecular flexibility index (Phi) is 9.94. The number of carbonyl (C=O) groups is 1. The van der Waals surface area contributed by atoms with Gasteiger partial charge in [-0.15, -0.1) is 24.8 Å². The summed E-state index contributed by atoms with van der Waals surface area (Å²) in [6, 6.07) is 0. The van der Waals surface area contributed by atoms with E-state index in [2.05, 4.69) is 10.1 Å². The van der Waals surface area contributed by atoms with Gasteiger partial charge in [0.2, 0.25) is 5.91 Å². The molecule has 1 aliphatic heterocycles. The van der Waals surface area contributed by atoms with E-state index in [1.54, 1.807) is 0 Å². The van der Waals surface area contributed by atoms with Gasteiger partial charge in [0.1, 0.15) is 11.6 Å². The van der Waals surface area contributed by atoms with Crippen LogP contribution in [0.2, 0.25) is 0 Å². The molecule has 2 heterocycles. The average molecular weight is 396 g/mol. The highest BCUT2D eigenvalue weighted by atomic mass is 35.5. The van der Waals surface area contributed by atoms with E-state index in [1.165, 1.54) is 0 Å². The molecule has 0 radical (unpaired) electrons. The molecular formula is C16H31Cl2N5O2. The monoisotopic (exact) mass is 395 g/mol. The SMILES string of the molecule is CCC(CC)(CN)C(=O)N1CCOC(Cn2nc(C)nc2C)C1.Cl.Cl. The Morgan fingerprint density at radius 2 is 1.96 bits per heavy atom. The maximum atomic E-state index is 12.9. The molecule has 2 N–H and O–H groups in total. The van der Waals surface area contributed by atoms with Crippen molar-refractivity contribution in [2.24, 2.45) is 11.1 Å². The number of morpholine rings is 1. The Morgan fingerprint density at radius 1 is 1.32 bits per heavy atom. The summed E-state index contributed by atoms with van der Waals surface area (Å²) in [5.74, 6) is 1.78. The van der Waals surface area contributed by atoms with E-state index < -0.39 is 5.41 Å². The molecule has 1 unspecified atom stereocenters. The second-order valence-corrected chi connectivity index (χ2v) is 6.32. The second kappa shape index (κ2) is 10.3. The zero-order chi connectivity index (χ0) is 17.0. The number of halogens is 2. The van der Waals surface area contributed by atoms with Gasteiger partial charge in [0, 0.05) is 19.6 Å². The van der Waals surface area contributed by atoms with Crippen molar-refractivity contribution in [3.8, 4) is 0 Å². The van der Waals surface area contributed by atoms with Gasteiger partial charge in [0.25, 0.3) is 0 Å². The molecule has 7 nitrogen and oxygen atoms in total. The van der Waals surface area contributed by atoms with Crippen molar-refractivity contribution in [1.29, 1.82) is 0 Å². The number of amides is 1. The van der Waals surface area contributed by atoms with Gasteiger partial charge in [-0.1, -0.05) is 13.8 Å². The van der Waals surface area contributed by atoms with Crippen LogP contribution in [0, 0.1) is 19.3 Å². The van der Waals surface area contributed by atoms with Crippen molar-refractivity contribution in [2.75, 3.05) is 26.2 Å². The summed E-state index contributed by atoms with van der Waals surface area (Å²) >= 11 is 0. The predicted molar refractivity (Wildman–Crippen MR) is 102 cm³/mol. The third kappa shape index (κ3) is 5.29. The molecular weight excluding hydrogens is 365 g/mol. The van der Waals surface area contributed by atoms with Crippen LogP contribution in [0.15, 0.2) is 0 Å². The fourth-order valence-electron chi connectivity index (χ4n) is 3.21. The minimum atomic E-state index is -0.443. The lowest BCUT2D eigenvalue weighted by Crippen LogP contribution is -2.54. The maximum Gasteiger partial charge on any atom is 0.230 e. The van der Waals surface area contributed by atoms with E-state index in [4.69, 9.17) is 10.5 Å². The Balaban J connectivity index is 0.00000288. The lowest BCUT2D eigenvalue weighted by Gasteiger charge is -2.39. The highest BCUT2D eigenvalue weighted by Gasteiger charge is 2.38. The number of nitrogens with zero attached hydrogens (tertiary/aromatic N) is 4. The van der Waals surface area contributed by atoms with Gasteiger partial charge in [0.05, 0.1) is 24.7 Å². The van der Waals surface area contributed by atoms with Crippen LogP contribution < -0.4 is 5.73 Å². The number of aryl methyl sites for hydroxylation is 2. The number of hydrogen-bond acceptors (Lipinski definition) is 5. The van der Waals surface area contributed by atoms with Crippen molar-refractivity contribution in [3.63, 3.8) is 0 Å². The maximum absolute atomic E-state index is 12.9.